The van der Waals surface area contributed by atoms with Crippen LogP contribution in [0.1, 0.15) is 158 Å². The van der Waals surface area contributed by atoms with Crippen molar-refractivity contribution in [3.05, 3.63) is 0 Å². The van der Waals surface area contributed by atoms with Crippen molar-refractivity contribution in [3.8, 4) is 0 Å². The van der Waals surface area contributed by atoms with E-state index in [1.807, 2.05) is 41.5 Å². The number of carbonyl (C=O) groups excluding carboxylic acids is 11. The van der Waals surface area contributed by atoms with E-state index in [1.165, 1.54) is 83.3 Å². The van der Waals surface area contributed by atoms with Crippen LogP contribution in [0.25, 0.3) is 0 Å². The average molecular weight is 1030 g/mol. The molecular weight excluding hydrogens is 937 g/mol. The average Bonchev–Trinajstić information content (AvgIpc) is 3.20. The maximum Gasteiger partial charge on any atom is 0.408 e. The van der Waals surface area contributed by atoms with Gasteiger partial charge in [0.05, 0.1) is 7.11 Å². The summed E-state index contributed by atoms with van der Waals surface area (Å²) < 4.78 is 9.99. The van der Waals surface area contributed by atoms with Gasteiger partial charge < -0.3 is 62.6 Å². The van der Waals surface area contributed by atoms with Crippen molar-refractivity contribution in [2.45, 2.75) is 222 Å². The molecule has 0 bridgehead atoms. The van der Waals surface area contributed by atoms with Gasteiger partial charge in [-0.3, -0.25) is 43.2 Å². The lowest BCUT2D eigenvalue weighted by Crippen LogP contribution is -2.65. The second-order valence-electron chi connectivity index (χ2n) is 22.7. The number of alkyl carbamates (subject to hydrolysis) is 1. The number of hydrogen-bond donors (Lipinski definition) is 10. The fourth-order valence-electron chi connectivity index (χ4n) is 6.53. The van der Waals surface area contributed by atoms with Gasteiger partial charge in [-0.2, -0.15) is 0 Å². The molecule has 0 aromatic carbocycles. The van der Waals surface area contributed by atoms with Gasteiger partial charge in [0.2, 0.25) is 53.2 Å². The predicted molar refractivity (Wildman–Crippen MR) is 269 cm³/mol. The van der Waals surface area contributed by atoms with Gasteiger partial charge in [-0.05, 0) is 134 Å². The number of hydrogen-bond acceptors (Lipinski definition) is 13. The molecule has 72 heavy (non-hydrogen) atoms. The van der Waals surface area contributed by atoms with Gasteiger partial charge in [-0.15, -0.1) is 0 Å². The lowest BCUT2D eigenvalue weighted by Gasteiger charge is -2.33. The Labute approximate surface area is 426 Å². The van der Waals surface area contributed by atoms with E-state index in [2.05, 4.69) is 53.2 Å². The number of nitrogens with one attached hydrogen (secondary N) is 10. The summed E-state index contributed by atoms with van der Waals surface area (Å²) in [6, 6.07) is -6.96. The van der Waals surface area contributed by atoms with Gasteiger partial charge in [0, 0.05) is 0 Å². The Morgan fingerprint density at radius 2 is 0.694 bits per heavy atom. The summed E-state index contributed by atoms with van der Waals surface area (Å²) in [5.41, 5.74) is -7.03. The first-order valence-electron chi connectivity index (χ1n) is 24.4. The summed E-state index contributed by atoms with van der Waals surface area (Å²) >= 11 is 0. The number of ether oxygens (including phenoxy) is 2. The van der Waals surface area contributed by atoms with E-state index in [0.29, 0.717) is 0 Å². The largest absolute Gasteiger partial charge is 0.467 e. The molecule has 0 unspecified atom stereocenters. The Morgan fingerprint density at radius 1 is 0.361 bits per heavy atom. The van der Waals surface area contributed by atoms with Crippen LogP contribution in [0, 0.1) is 17.8 Å². The van der Waals surface area contributed by atoms with Crippen molar-refractivity contribution >= 4 is 65.2 Å². The van der Waals surface area contributed by atoms with Crippen LogP contribution in [0.4, 0.5) is 4.79 Å². The third-order valence-corrected chi connectivity index (χ3v) is 10.8. The molecule has 23 nitrogen and oxygen atoms in total. The number of amides is 10. The van der Waals surface area contributed by atoms with E-state index in [1.54, 1.807) is 20.8 Å². The predicted octanol–water partition coefficient (Wildman–Crippen LogP) is 1.25. The highest BCUT2D eigenvalue weighted by molar-refractivity contribution is 6.00. The van der Waals surface area contributed by atoms with E-state index < -0.39 is 129 Å². The van der Waals surface area contributed by atoms with Crippen LogP contribution in [0.2, 0.25) is 0 Å². The molecule has 10 N–H and O–H groups in total. The minimum atomic E-state index is -1.67. The summed E-state index contributed by atoms with van der Waals surface area (Å²) in [7, 11) is 1.18. The molecule has 412 valence electrons. The summed E-state index contributed by atoms with van der Waals surface area (Å²) in [4.78, 5) is 146. The van der Waals surface area contributed by atoms with Crippen LogP contribution >= 0.6 is 0 Å². The van der Waals surface area contributed by atoms with Crippen molar-refractivity contribution in [3.63, 3.8) is 0 Å². The first-order chi connectivity index (χ1) is 32.5. The second-order valence-corrected chi connectivity index (χ2v) is 22.7. The molecule has 0 fully saturated rings. The Bertz CT molecular complexity index is 1970. The highest BCUT2D eigenvalue weighted by Gasteiger charge is 2.41. The zero-order valence-electron chi connectivity index (χ0n) is 46.6. The number of carbonyl (C=O) groups is 11. The first-order valence-corrected chi connectivity index (χ1v) is 24.4. The Kier molecular flexibility index (Phi) is 24.9. The third kappa shape index (κ3) is 23.0. The second kappa shape index (κ2) is 27.1. The van der Waals surface area contributed by atoms with Crippen molar-refractivity contribution in [2.24, 2.45) is 17.8 Å². The summed E-state index contributed by atoms with van der Waals surface area (Å²) in [5.74, 6) is -7.52. The van der Waals surface area contributed by atoms with E-state index in [9.17, 15) is 52.7 Å². The molecule has 0 aliphatic heterocycles. The fraction of sp³-hybridized carbons (Fsp3) is 0.776. The van der Waals surface area contributed by atoms with Crippen molar-refractivity contribution in [1.29, 1.82) is 0 Å². The monoisotopic (exact) mass is 1020 g/mol. The Morgan fingerprint density at radius 3 is 1.10 bits per heavy atom. The maximum absolute atomic E-state index is 13.8. The molecule has 0 spiro atoms. The first kappa shape index (κ1) is 66.0. The van der Waals surface area contributed by atoms with Gasteiger partial charge >= 0.3 is 12.1 Å². The minimum absolute atomic E-state index is 0.0478. The van der Waals surface area contributed by atoms with Gasteiger partial charge in [0.15, 0.2) is 0 Å². The SMILES string of the molecule is COC(=O)C(C)(C)NC(=O)[C@H](CC(C)C)NC(=O)[C@H](C)NC(=O)[C@H](CC(C)C)NC(=O)C(C)(C)NC(=O)C(C)(C)NC(=O)[C@H](C)NC(=O)[C@H](CC(C)C)NC(=O)[C@H](C)NC(=O)C(C)(C)NC(=O)OC(C)(C)C. The molecule has 10 amide bonds. The van der Waals surface area contributed by atoms with Gasteiger partial charge in [0.25, 0.3) is 0 Å². The van der Waals surface area contributed by atoms with Crippen molar-refractivity contribution < 1.29 is 62.2 Å². The fourth-order valence-corrected chi connectivity index (χ4v) is 6.53. The normalized spacial score (nSPS) is 14.7. The summed E-state index contributed by atoms with van der Waals surface area (Å²) in [6.07, 6.45) is -0.345. The lowest BCUT2D eigenvalue weighted by atomic mass is 9.96. The Hall–Kier alpha value is -6.03. The van der Waals surface area contributed by atoms with Gasteiger partial charge in [-0.1, -0.05) is 41.5 Å². The van der Waals surface area contributed by atoms with Crippen LogP contribution in [-0.2, 0) is 57.4 Å². The van der Waals surface area contributed by atoms with Crippen LogP contribution in [0.5, 0.6) is 0 Å². The molecule has 0 aromatic rings. The summed E-state index contributed by atoms with van der Waals surface area (Å²) in [5, 5.41) is 25.8. The lowest BCUT2D eigenvalue weighted by molar-refractivity contribution is -0.149. The van der Waals surface area contributed by atoms with Crippen LogP contribution in [-0.4, -0.2) is 136 Å². The van der Waals surface area contributed by atoms with E-state index in [0.717, 1.165) is 0 Å². The van der Waals surface area contributed by atoms with E-state index in [4.69, 9.17) is 9.47 Å². The zero-order chi connectivity index (χ0) is 56.7. The smallest absolute Gasteiger partial charge is 0.408 e. The quantitative estimate of drug-likeness (QED) is 0.0547. The molecule has 0 radical (unpaired) electrons. The molecule has 0 saturated heterocycles. The number of esters is 1. The molecule has 6 atom stereocenters. The maximum atomic E-state index is 13.8. The van der Waals surface area contributed by atoms with Gasteiger partial charge in [-0.25, -0.2) is 9.59 Å². The standard InChI is InChI=1S/C49H88N10O13/c1-25(2)22-31(53-35(61)29(8)52-40(66)47(15,16)59-44(70)72-45(10,11)12)37(63)51-30(9)36(62)56-48(17,18)42(68)58-46(13,14)41(67)55-32(23-26(3)4)38(64)50-28(7)34(60)54-33(24-27(5)6)39(65)57-49(19,20)43(69)71-21/h25-33H,22-24H2,1-21H3,(H,50,64)(H,51,63)(H,52,66)(H,53,61)(H,54,60)(H,55,67)(H,56,62)(H,57,65)(H,58,68)(H,59,70)/t28-,29-,30-,31-,32-,33-/m0/s1. The van der Waals surface area contributed by atoms with Crippen molar-refractivity contribution in [1.82, 2.24) is 53.2 Å². The van der Waals surface area contributed by atoms with Crippen LogP contribution < -0.4 is 53.2 Å². The Balaban J connectivity index is 5.86. The minimum Gasteiger partial charge on any atom is -0.467 e. The molecule has 0 heterocycles. The molecule has 0 aliphatic rings. The highest BCUT2D eigenvalue weighted by Crippen LogP contribution is 2.15. The highest BCUT2D eigenvalue weighted by atomic mass is 16.6. The molecule has 23 heteroatoms. The van der Waals surface area contributed by atoms with Crippen LogP contribution in [0.15, 0.2) is 0 Å². The topological polar surface area (TPSA) is 327 Å². The van der Waals surface area contributed by atoms with Gasteiger partial charge in [0.1, 0.15) is 64.0 Å². The van der Waals surface area contributed by atoms with Crippen LogP contribution in [0.3, 0.4) is 0 Å². The number of rotatable bonds is 26. The van der Waals surface area contributed by atoms with E-state index >= 15 is 0 Å². The molecule has 0 aromatic heterocycles. The number of methoxy groups -OCH3 is 1. The summed E-state index contributed by atoms with van der Waals surface area (Å²) in [6.45, 7) is 31.4. The van der Waals surface area contributed by atoms with E-state index in [-0.39, 0.29) is 37.0 Å². The molecule has 0 saturated carbocycles. The van der Waals surface area contributed by atoms with Crippen molar-refractivity contribution in [2.75, 3.05) is 7.11 Å². The third-order valence-electron chi connectivity index (χ3n) is 10.8. The molecule has 0 rings (SSSR count). The molecular formula is C49H88N10O13. The molecule has 0 aliphatic carbocycles. The zero-order valence-corrected chi connectivity index (χ0v) is 46.6.